The zero-order valence-electron chi connectivity index (χ0n) is 7.39. The number of aromatic nitrogens is 1. The van der Waals surface area contributed by atoms with Gasteiger partial charge in [0.2, 0.25) is 0 Å². The van der Waals surface area contributed by atoms with E-state index in [4.69, 9.17) is 5.26 Å². The van der Waals surface area contributed by atoms with Crippen molar-refractivity contribution in [2.24, 2.45) is 0 Å². The standard InChI is InChI=1S/C9H7BrF2N2/c1-5-6(2-3-13)7(9(11)12)4-8(10)14-5/h4,9H,2H2,1H3. The van der Waals surface area contributed by atoms with Crippen molar-refractivity contribution in [1.29, 1.82) is 5.26 Å². The molecule has 0 bridgehead atoms. The van der Waals surface area contributed by atoms with E-state index in [0.29, 0.717) is 15.9 Å². The van der Waals surface area contributed by atoms with Crippen LogP contribution in [0.1, 0.15) is 23.2 Å². The predicted molar refractivity (Wildman–Crippen MR) is 50.9 cm³/mol. The van der Waals surface area contributed by atoms with Gasteiger partial charge >= 0.3 is 0 Å². The molecule has 14 heavy (non-hydrogen) atoms. The first kappa shape index (κ1) is 11.1. The second-order valence-corrected chi connectivity index (χ2v) is 3.55. The molecular formula is C9H7BrF2N2. The average molecular weight is 261 g/mol. The first-order valence-corrected chi connectivity index (χ1v) is 4.66. The van der Waals surface area contributed by atoms with Crippen molar-refractivity contribution in [3.8, 4) is 6.07 Å². The Morgan fingerprint density at radius 3 is 2.79 bits per heavy atom. The fraction of sp³-hybridized carbons (Fsp3) is 0.333. The molecule has 0 atom stereocenters. The number of halogens is 3. The quantitative estimate of drug-likeness (QED) is 0.766. The van der Waals surface area contributed by atoms with Crippen molar-refractivity contribution in [1.82, 2.24) is 4.98 Å². The summed E-state index contributed by atoms with van der Waals surface area (Å²) < 4.78 is 25.5. The first-order chi connectivity index (χ1) is 6.56. The van der Waals surface area contributed by atoms with Crippen LogP contribution in [-0.4, -0.2) is 4.98 Å². The molecule has 0 N–H and O–H groups in total. The first-order valence-electron chi connectivity index (χ1n) is 3.87. The minimum absolute atomic E-state index is 0.0359. The zero-order chi connectivity index (χ0) is 10.7. The SMILES string of the molecule is Cc1nc(Br)cc(C(F)F)c1CC#N. The molecule has 0 aliphatic rings. The summed E-state index contributed by atoms with van der Waals surface area (Å²) in [6.45, 7) is 1.61. The van der Waals surface area contributed by atoms with Crippen LogP contribution in [0.3, 0.4) is 0 Å². The highest BCUT2D eigenvalue weighted by atomic mass is 79.9. The molecular weight excluding hydrogens is 254 g/mol. The highest BCUT2D eigenvalue weighted by Crippen LogP contribution is 2.27. The van der Waals surface area contributed by atoms with Gasteiger partial charge in [0, 0.05) is 11.3 Å². The Bertz CT molecular complexity index is 385. The third-order valence-electron chi connectivity index (χ3n) is 1.83. The topological polar surface area (TPSA) is 36.7 Å². The lowest BCUT2D eigenvalue weighted by Crippen LogP contribution is -2.00. The van der Waals surface area contributed by atoms with Gasteiger partial charge in [0.25, 0.3) is 6.43 Å². The van der Waals surface area contributed by atoms with Gasteiger partial charge in [-0.05, 0) is 34.5 Å². The average Bonchev–Trinajstić information content (AvgIpc) is 2.09. The van der Waals surface area contributed by atoms with Crippen LogP contribution in [0, 0.1) is 18.3 Å². The van der Waals surface area contributed by atoms with Gasteiger partial charge < -0.3 is 0 Å². The van der Waals surface area contributed by atoms with Crippen LogP contribution >= 0.6 is 15.9 Å². The normalized spacial score (nSPS) is 10.3. The van der Waals surface area contributed by atoms with E-state index in [1.165, 1.54) is 6.07 Å². The summed E-state index contributed by atoms with van der Waals surface area (Å²) in [6.07, 6.45) is -2.61. The predicted octanol–water partition coefficient (Wildman–Crippen LogP) is 3.16. The molecule has 0 amide bonds. The minimum Gasteiger partial charge on any atom is -0.246 e. The molecule has 0 saturated heterocycles. The largest absolute Gasteiger partial charge is 0.264 e. The van der Waals surface area contributed by atoms with Crippen LogP contribution in [0.4, 0.5) is 8.78 Å². The van der Waals surface area contributed by atoms with Gasteiger partial charge in [-0.3, -0.25) is 0 Å². The monoisotopic (exact) mass is 260 g/mol. The minimum atomic E-state index is -2.57. The Kier molecular flexibility index (Phi) is 3.53. The number of hydrogen-bond donors (Lipinski definition) is 0. The van der Waals surface area contributed by atoms with Crippen LogP contribution in [-0.2, 0) is 6.42 Å². The Hall–Kier alpha value is -1.02. The smallest absolute Gasteiger partial charge is 0.246 e. The molecule has 0 saturated carbocycles. The summed E-state index contributed by atoms with van der Waals surface area (Å²) in [5.41, 5.74) is 0.674. The molecule has 5 heteroatoms. The van der Waals surface area contributed by atoms with Crippen LogP contribution in [0.2, 0.25) is 0 Å². The van der Waals surface area contributed by atoms with E-state index in [1.807, 2.05) is 6.07 Å². The van der Waals surface area contributed by atoms with Gasteiger partial charge in [-0.15, -0.1) is 0 Å². The summed E-state index contributed by atoms with van der Waals surface area (Å²) in [4.78, 5) is 3.97. The number of aryl methyl sites for hydroxylation is 1. The third-order valence-corrected chi connectivity index (χ3v) is 2.23. The molecule has 0 spiro atoms. The molecule has 0 aliphatic carbocycles. The van der Waals surface area contributed by atoms with Crippen LogP contribution in [0.15, 0.2) is 10.7 Å². The van der Waals surface area contributed by atoms with E-state index in [0.717, 1.165) is 0 Å². The van der Waals surface area contributed by atoms with Crippen molar-refractivity contribution < 1.29 is 8.78 Å². The van der Waals surface area contributed by atoms with Gasteiger partial charge in [-0.25, -0.2) is 13.8 Å². The van der Waals surface area contributed by atoms with Gasteiger partial charge in [0.1, 0.15) is 4.60 Å². The number of rotatable bonds is 2. The van der Waals surface area contributed by atoms with E-state index < -0.39 is 6.43 Å². The molecule has 0 aliphatic heterocycles. The van der Waals surface area contributed by atoms with E-state index in [1.54, 1.807) is 6.92 Å². The second-order valence-electron chi connectivity index (χ2n) is 2.73. The molecule has 1 rings (SSSR count). The Morgan fingerprint density at radius 1 is 1.64 bits per heavy atom. The maximum atomic E-state index is 12.6. The summed E-state index contributed by atoms with van der Waals surface area (Å²) in [6, 6.07) is 3.11. The van der Waals surface area contributed by atoms with Gasteiger partial charge in [-0.2, -0.15) is 5.26 Å². The fourth-order valence-corrected chi connectivity index (χ4v) is 1.70. The lowest BCUT2D eigenvalue weighted by molar-refractivity contribution is 0.150. The van der Waals surface area contributed by atoms with E-state index in [-0.39, 0.29) is 12.0 Å². The fourth-order valence-electron chi connectivity index (χ4n) is 1.19. The number of alkyl halides is 2. The molecule has 2 nitrogen and oxygen atoms in total. The van der Waals surface area contributed by atoms with Crippen molar-refractivity contribution in [2.45, 2.75) is 19.8 Å². The molecule has 1 aromatic heterocycles. The maximum Gasteiger partial charge on any atom is 0.264 e. The van der Waals surface area contributed by atoms with Gasteiger partial charge in [0.15, 0.2) is 0 Å². The Balaban J connectivity index is 3.30. The van der Waals surface area contributed by atoms with E-state index >= 15 is 0 Å². The number of pyridine rings is 1. The lowest BCUT2D eigenvalue weighted by Gasteiger charge is -2.08. The summed E-state index contributed by atoms with van der Waals surface area (Å²) in [5.74, 6) is 0. The number of hydrogen-bond acceptors (Lipinski definition) is 2. The third kappa shape index (κ3) is 2.26. The molecule has 1 aromatic rings. The van der Waals surface area contributed by atoms with Gasteiger partial charge in [-0.1, -0.05) is 0 Å². The van der Waals surface area contributed by atoms with Gasteiger partial charge in [0.05, 0.1) is 12.5 Å². The maximum absolute atomic E-state index is 12.6. The zero-order valence-corrected chi connectivity index (χ0v) is 8.98. The van der Waals surface area contributed by atoms with Crippen LogP contribution in [0.25, 0.3) is 0 Å². The highest BCUT2D eigenvalue weighted by Gasteiger charge is 2.16. The Morgan fingerprint density at radius 2 is 2.29 bits per heavy atom. The molecule has 74 valence electrons. The van der Waals surface area contributed by atoms with Crippen molar-refractivity contribution in [2.75, 3.05) is 0 Å². The summed E-state index contributed by atoms with van der Waals surface area (Å²) in [5, 5.41) is 8.49. The van der Waals surface area contributed by atoms with Crippen molar-refractivity contribution in [3.63, 3.8) is 0 Å². The van der Waals surface area contributed by atoms with E-state index in [9.17, 15) is 8.78 Å². The van der Waals surface area contributed by atoms with Crippen LogP contribution < -0.4 is 0 Å². The molecule has 0 unspecified atom stereocenters. The summed E-state index contributed by atoms with van der Waals surface area (Å²) in [7, 11) is 0. The Labute approximate surface area is 88.7 Å². The molecule has 1 heterocycles. The highest BCUT2D eigenvalue weighted by molar-refractivity contribution is 9.10. The second kappa shape index (κ2) is 4.47. The molecule has 0 fully saturated rings. The lowest BCUT2D eigenvalue weighted by atomic mass is 10.1. The molecule has 0 aromatic carbocycles. The van der Waals surface area contributed by atoms with Crippen molar-refractivity contribution >= 4 is 15.9 Å². The van der Waals surface area contributed by atoms with Crippen LogP contribution in [0.5, 0.6) is 0 Å². The van der Waals surface area contributed by atoms with Crippen molar-refractivity contribution in [3.05, 3.63) is 27.5 Å². The number of nitrogens with zero attached hydrogens (tertiary/aromatic N) is 2. The number of nitriles is 1. The van der Waals surface area contributed by atoms with E-state index in [2.05, 4.69) is 20.9 Å². The molecule has 0 radical (unpaired) electrons. The summed E-state index contributed by atoms with van der Waals surface area (Å²) >= 11 is 3.04.